The normalized spacial score (nSPS) is 31.1. The Labute approximate surface area is 95.4 Å². The van der Waals surface area contributed by atoms with Crippen molar-refractivity contribution >= 4 is 5.91 Å². The van der Waals surface area contributed by atoms with Gasteiger partial charge in [0.15, 0.2) is 0 Å². The highest BCUT2D eigenvalue weighted by Gasteiger charge is 2.31. The number of hydrogen-bond donors (Lipinski definition) is 1. The Morgan fingerprint density at radius 1 is 1.62 bits per heavy atom. The number of rotatable bonds is 3. The highest BCUT2D eigenvalue weighted by atomic mass is 16.5. The molecule has 0 saturated carbocycles. The van der Waals surface area contributed by atoms with E-state index in [2.05, 4.69) is 16.3 Å². The highest BCUT2D eigenvalue weighted by molar-refractivity contribution is 5.82. The topological polar surface area (TPSA) is 65.4 Å². The SMILES string of the molecule is N#CCC1C(=O)NCCN1CC1CCCO1. The molecule has 0 spiro atoms. The van der Waals surface area contributed by atoms with E-state index in [-0.39, 0.29) is 24.5 Å². The standard InChI is InChI=1S/C11H17N3O2/c12-4-3-10-11(15)13-5-6-14(10)8-9-2-1-7-16-9/h9-10H,1-3,5-8H2,(H,13,15). The maximum Gasteiger partial charge on any atom is 0.238 e. The van der Waals surface area contributed by atoms with Gasteiger partial charge in [-0.1, -0.05) is 0 Å². The van der Waals surface area contributed by atoms with Gasteiger partial charge in [0.05, 0.1) is 18.6 Å². The van der Waals surface area contributed by atoms with Gasteiger partial charge in [0, 0.05) is 26.2 Å². The van der Waals surface area contributed by atoms with Gasteiger partial charge in [0.2, 0.25) is 5.91 Å². The van der Waals surface area contributed by atoms with Gasteiger partial charge in [-0.3, -0.25) is 9.69 Å². The first-order valence-electron chi connectivity index (χ1n) is 5.81. The average Bonchev–Trinajstić information content (AvgIpc) is 2.76. The van der Waals surface area contributed by atoms with Crippen LogP contribution >= 0.6 is 0 Å². The van der Waals surface area contributed by atoms with Crippen LogP contribution in [-0.4, -0.2) is 49.2 Å². The summed E-state index contributed by atoms with van der Waals surface area (Å²) in [6, 6.07) is 1.79. The number of nitriles is 1. The van der Waals surface area contributed by atoms with Crippen LogP contribution < -0.4 is 5.32 Å². The molecule has 2 heterocycles. The molecule has 2 fully saturated rings. The van der Waals surface area contributed by atoms with Crippen LogP contribution in [-0.2, 0) is 9.53 Å². The molecule has 0 aromatic heterocycles. The fraction of sp³-hybridized carbons (Fsp3) is 0.818. The number of amides is 1. The van der Waals surface area contributed by atoms with E-state index in [4.69, 9.17) is 10.00 Å². The van der Waals surface area contributed by atoms with E-state index >= 15 is 0 Å². The lowest BCUT2D eigenvalue weighted by Gasteiger charge is -2.35. The fourth-order valence-electron chi connectivity index (χ4n) is 2.34. The molecule has 1 N–H and O–H groups in total. The minimum Gasteiger partial charge on any atom is -0.377 e. The molecule has 88 valence electrons. The second-order valence-corrected chi connectivity index (χ2v) is 4.30. The first kappa shape index (κ1) is 11.4. The lowest BCUT2D eigenvalue weighted by Crippen LogP contribution is -2.56. The molecule has 2 aliphatic heterocycles. The molecule has 0 bridgehead atoms. The molecule has 2 atom stereocenters. The summed E-state index contributed by atoms with van der Waals surface area (Å²) in [6.45, 7) is 3.10. The van der Waals surface area contributed by atoms with Gasteiger partial charge in [0.1, 0.15) is 6.04 Å². The van der Waals surface area contributed by atoms with Gasteiger partial charge >= 0.3 is 0 Å². The lowest BCUT2D eigenvalue weighted by atomic mass is 10.1. The fourth-order valence-corrected chi connectivity index (χ4v) is 2.34. The largest absolute Gasteiger partial charge is 0.377 e. The number of piperazine rings is 1. The zero-order chi connectivity index (χ0) is 11.4. The molecule has 2 saturated heterocycles. The summed E-state index contributed by atoms with van der Waals surface area (Å²) in [5.41, 5.74) is 0. The van der Waals surface area contributed by atoms with E-state index in [9.17, 15) is 4.79 Å². The molecule has 0 aliphatic carbocycles. The van der Waals surface area contributed by atoms with Crippen LogP contribution in [0.2, 0.25) is 0 Å². The van der Waals surface area contributed by atoms with Crippen molar-refractivity contribution in [3.8, 4) is 6.07 Å². The molecular weight excluding hydrogens is 206 g/mol. The van der Waals surface area contributed by atoms with Crippen LogP contribution in [0.25, 0.3) is 0 Å². The van der Waals surface area contributed by atoms with E-state index in [1.165, 1.54) is 0 Å². The smallest absolute Gasteiger partial charge is 0.238 e. The molecule has 1 amide bonds. The van der Waals surface area contributed by atoms with Crippen molar-refractivity contribution in [1.82, 2.24) is 10.2 Å². The average molecular weight is 223 g/mol. The maximum absolute atomic E-state index is 11.6. The number of nitrogens with zero attached hydrogens (tertiary/aromatic N) is 2. The molecule has 0 radical (unpaired) electrons. The number of ether oxygens (including phenoxy) is 1. The summed E-state index contributed by atoms with van der Waals surface area (Å²) in [5, 5.41) is 11.5. The van der Waals surface area contributed by atoms with Crippen LogP contribution in [0.4, 0.5) is 0 Å². The summed E-state index contributed by atoms with van der Waals surface area (Å²) >= 11 is 0. The summed E-state index contributed by atoms with van der Waals surface area (Å²) in [6.07, 6.45) is 2.68. The number of hydrogen-bond acceptors (Lipinski definition) is 4. The third-order valence-corrected chi connectivity index (χ3v) is 3.19. The van der Waals surface area contributed by atoms with Crippen LogP contribution in [0.1, 0.15) is 19.3 Å². The number of carbonyl (C=O) groups is 1. The Morgan fingerprint density at radius 3 is 3.19 bits per heavy atom. The Kier molecular flexibility index (Phi) is 3.75. The summed E-state index contributed by atoms with van der Waals surface area (Å²) in [5.74, 6) is -0.0224. The Hall–Kier alpha value is -1.12. The van der Waals surface area contributed by atoms with Crippen LogP contribution in [0.3, 0.4) is 0 Å². The van der Waals surface area contributed by atoms with E-state index in [0.717, 1.165) is 32.5 Å². The predicted octanol–water partition coefficient (Wildman–Crippen LogP) is -0.121. The number of nitrogens with one attached hydrogen (secondary N) is 1. The van der Waals surface area contributed by atoms with Gasteiger partial charge in [-0.05, 0) is 12.8 Å². The van der Waals surface area contributed by atoms with Crippen molar-refractivity contribution in [1.29, 1.82) is 5.26 Å². The first-order chi connectivity index (χ1) is 7.81. The monoisotopic (exact) mass is 223 g/mol. The molecule has 5 nitrogen and oxygen atoms in total. The minimum absolute atomic E-state index is 0.0224. The number of carbonyl (C=O) groups excluding carboxylic acids is 1. The minimum atomic E-state index is -0.289. The van der Waals surface area contributed by atoms with E-state index in [1.807, 2.05) is 0 Å². The quantitative estimate of drug-likeness (QED) is 0.724. The van der Waals surface area contributed by atoms with Gasteiger partial charge in [-0.15, -0.1) is 0 Å². The third-order valence-electron chi connectivity index (χ3n) is 3.19. The van der Waals surface area contributed by atoms with Crippen LogP contribution in [0.15, 0.2) is 0 Å². The highest BCUT2D eigenvalue weighted by Crippen LogP contribution is 2.16. The van der Waals surface area contributed by atoms with Crippen molar-refractivity contribution in [2.45, 2.75) is 31.4 Å². The van der Waals surface area contributed by atoms with Gasteiger partial charge in [-0.2, -0.15) is 5.26 Å². The van der Waals surface area contributed by atoms with Crippen LogP contribution in [0.5, 0.6) is 0 Å². The maximum atomic E-state index is 11.6. The van der Waals surface area contributed by atoms with Crippen molar-refractivity contribution in [3.05, 3.63) is 0 Å². The van der Waals surface area contributed by atoms with Gasteiger partial charge in [0.25, 0.3) is 0 Å². The molecule has 0 aromatic rings. The molecule has 5 heteroatoms. The zero-order valence-electron chi connectivity index (χ0n) is 9.32. The molecule has 2 aliphatic rings. The Bertz CT molecular complexity index is 294. The molecule has 2 unspecified atom stereocenters. The van der Waals surface area contributed by atoms with E-state index in [1.54, 1.807) is 0 Å². The predicted molar refractivity (Wildman–Crippen MR) is 57.6 cm³/mol. The van der Waals surface area contributed by atoms with Crippen LogP contribution in [0, 0.1) is 11.3 Å². The molecule has 0 aromatic carbocycles. The van der Waals surface area contributed by atoms with Gasteiger partial charge < -0.3 is 10.1 Å². The van der Waals surface area contributed by atoms with E-state index < -0.39 is 0 Å². The summed E-state index contributed by atoms with van der Waals surface area (Å²) < 4.78 is 5.56. The molecular formula is C11H17N3O2. The Balaban J connectivity index is 1.93. The molecule has 16 heavy (non-hydrogen) atoms. The first-order valence-corrected chi connectivity index (χ1v) is 5.81. The second-order valence-electron chi connectivity index (χ2n) is 4.30. The van der Waals surface area contributed by atoms with Crippen molar-refractivity contribution in [2.24, 2.45) is 0 Å². The molecule has 2 rings (SSSR count). The second kappa shape index (κ2) is 5.28. The summed E-state index contributed by atoms with van der Waals surface area (Å²) in [4.78, 5) is 13.7. The zero-order valence-corrected chi connectivity index (χ0v) is 9.32. The van der Waals surface area contributed by atoms with E-state index in [0.29, 0.717) is 6.54 Å². The van der Waals surface area contributed by atoms with Crippen molar-refractivity contribution in [2.75, 3.05) is 26.2 Å². The lowest BCUT2D eigenvalue weighted by molar-refractivity contribution is -0.129. The summed E-state index contributed by atoms with van der Waals surface area (Å²) in [7, 11) is 0. The Morgan fingerprint density at radius 2 is 2.50 bits per heavy atom. The van der Waals surface area contributed by atoms with Crippen molar-refractivity contribution < 1.29 is 9.53 Å². The third kappa shape index (κ3) is 2.52. The van der Waals surface area contributed by atoms with Crippen molar-refractivity contribution in [3.63, 3.8) is 0 Å². The van der Waals surface area contributed by atoms with Gasteiger partial charge in [-0.25, -0.2) is 0 Å².